The predicted octanol–water partition coefficient (Wildman–Crippen LogP) is 6.52. The number of carboxylic acid groups (broad SMARTS) is 1. The third kappa shape index (κ3) is 4.70. The van der Waals surface area contributed by atoms with E-state index in [0.717, 1.165) is 30.0 Å². The van der Waals surface area contributed by atoms with E-state index in [1.54, 1.807) is 18.2 Å². The van der Waals surface area contributed by atoms with E-state index in [0.29, 0.717) is 35.7 Å². The van der Waals surface area contributed by atoms with E-state index in [1.807, 2.05) is 19.1 Å². The van der Waals surface area contributed by atoms with E-state index < -0.39 is 17.6 Å². The first-order chi connectivity index (χ1) is 17.9. The standard InChI is InChI=1S/C29H25F2N3O3.ClH/c1-15-11-18(6-8-21(15)23-3-2-4-24(30)26(23)31)28-33-27(34-37-28)17-5-9-22-16(12-17)7-10-25(22)32-20-13-19(14-20)29(35)36;/h2-6,8-9,11-12,19-20,25,32H,7,10,13-14H2,1H3,(H,35,36);1H. The number of hydrogen-bond acceptors (Lipinski definition) is 5. The SMILES string of the molecule is Cc1cc(-c2nc(-c3ccc4c(c3)CCC4NC3CC(C(=O)O)C3)no2)ccc1-c1cccc(F)c1F.Cl. The summed E-state index contributed by atoms with van der Waals surface area (Å²) < 4.78 is 33.5. The molecule has 2 aliphatic carbocycles. The lowest BCUT2D eigenvalue weighted by molar-refractivity contribution is -0.145. The van der Waals surface area contributed by atoms with Crippen LogP contribution in [0.1, 0.15) is 42.0 Å². The van der Waals surface area contributed by atoms with Crippen molar-refractivity contribution in [3.63, 3.8) is 0 Å². The van der Waals surface area contributed by atoms with E-state index in [4.69, 9.17) is 9.63 Å². The van der Waals surface area contributed by atoms with Gasteiger partial charge in [0.25, 0.3) is 5.89 Å². The van der Waals surface area contributed by atoms with Gasteiger partial charge in [0.1, 0.15) is 0 Å². The molecule has 1 aromatic heterocycles. The average molecular weight is 538 g/mol. The van der Waals surface area contributed by atoms with Crippen molar-refractivity contribution in [3.8, 4) is 34.0 Å². The lowest BCUT2D eigenvalue weighted by Crippen LogP contribution is -2.45. The maximum absolute atomic E-state index is 14.3. The molecule has 2 N–H and O–H groups in total. The minimum Gasteiger partial charge on any atom is -0.481 e. The summed E-state index contributed by atoms with van der Waals surface area (Å²) in [6, 6.07) is 16.1. The first-order valence-corrected chi connectivity index (χ1v) is 12.4. The number of aromatic nitrogens is 2. The van der Waals surface area contributed by atoms with Gasteiger partial charge in [0.2, 0.25) is 5.82 Å². The summed E-state index contributed by atoms with van der Waals surface area (Å²) in [5, 5.41) is 16.9. The van der Waals surface area contributed by atoms with Crippen molar-refractivity contribution in [2.75, 3.05) is 0 Å². The molecule has 2 aliphatic rings. The fourth-order valence-corrected chi connectivity index (χ4v) is 5.44. The Labute approximate surface area is 224 Å². The topological polar surface area (TPSA) is 88.2 Å². The van der Waals surface area contributed by atoms with Crippen molar-refractivity contribution in [3.05, 3.63) is 82.9 Å². The van der Waals surface area contributed by atoms with Gasteiger partial charge in [-0.2, -0.15) is 4.98 Å². The van der Waals surface area contributed by atoms with Crippen molar-refractivity contribution in [1.29, 1.82) is 0 Å². The summed E-state index contributed by atoms with van der Waals surface area (Å²) >= 11 is 0. The van der Waals surface area contributed by atoms with Gasteiger partial charge < -0.3 is 14.9 Å². The molecule has 1 saturated carbocycles. The van der Waals surface area contributed by atoms with Gasteiger partial charge in [-0.1, -0.05) is 35.5 Å². The zero-order chi connectivity index (χ0) is 25.7. The highest BCUT2D eigenvalue weighted by molar-refractivity contribution is 5.85. The van der Waals surface area contributed by atoms with Gasteiger partial charge in [0, 0.05) is 28.8 Å². The molecular formula is C29H26ClF2N3O3. The van der Waals surface area contributed by atoms with Crippen LogP contribution in [0.25, 0.3) is 34.0 Å². The molecule has 3 aromatic carbocycles. The Hall–Kier alpha value is -3.62. The number of halogens is 3. The van der Waals surface area contributed by atoms with Crippen LogP contribution in [0.2, 0.25) is 0 Å². The van der Waals surface area contributed by atoms with E-state index in [9.17, 15) is 13.6 Å². The Morgan fingerprint density at radius 1 is 1.05 bits per heavy atom. The first kappa shape index (κ1) is 26.0. The van der Waals surface area contributed by atoms with Crippen molar-refractivity contribution in [2.45, 2.75) is 44.7 Å². The zero-order valence-corrected chi connectivity index (χ0v) is 21.4. The molecule has 1 unspecified atom stereocenters. The second-order valence-corrected chi connectivity index (χ2v) is 9.93. The number of rotatable bonds is 6. The van der Waals surface area contributed by atoms with Crippen molar-refractivity contribution in [1.82, 2.24) is 15.5 Å². The maximum atomic E-state index is 14.3. The first-order valence-electron chi connectivity index (χ1n) is 12.4. The minimum atomic E-state index is -0.881. The molecule has 0 spiro atoms. The summed E-state index contributed by atoms with van der Waals surface area (Å²) in [6.07, 6.45) is 3.27. The van der Waals surface area contributed by atoms with Crippen LogP contribution in [0.3, 0.4) is 0 Å². The summed E-state index contributed by atoms with van der Waals surface area (Å²) in [6.45, 7) is 1.83. The summed E-state index contributed by atoms with van der Waals surface area (Å²) in [7, 11) is 0. The summed E-state index contributed by atoms with van der Waals surface area (Å²) in [4.78, 5) is 15.7. The molecular weight excluding hydrogens is 512 g/mol. The number of hydrogen-bond donors (Lipinski definition) is 2. The number of nitrogens with zero attached hydrogens (tertiary/aromatic N) is 2. The van der Waals surface area contributed by atoms with Gasteiger partial charge in [-0.3, -0.25) is 4.79 Å². The molecule has 4 aromatic rings. The van der Waals surface area contributed by atoms with E-state index in [2.05, 4.69) is 27.6 Å². The van der Waals surface area contributed by atoms with Gasteiger partial charge in [0.15, 0.2) is 11.6 Å². The van der Waals surface area contributed by atoms with Gasteiger partial charge in [0.05, 0.1) is 5.92 Å². The molecule has 0 radical (unpaired) electrons. The molecule has 0 aliphatic heterocycles. The molecule has 38 heavy (non-hydrogen) atoms. The lowest BCUT2D eigenvalue weighted by Gasteiger charge is -2.35. The zero-order valence-electron chi connectivity index (χ0n) is 20.6. The Morgan fingerprint density at radius 2 is 1.84 bits per heavy atom. The highest BCUT2D eigenvalue weighted by atomic mass is 35.5. The molecule has 196 valence electrons. The average Bonchev–Trinajstić information content (AvgIpc) is 3.50. The molecule has 1 atom stereocenters. The Bertz CT molecular complexity index is 1520. The maximum Gasteiger partial charge on any atom is 0.306 e. The van der Waals surface area contributed by atoms with Crippen LogP contribution in [0.4, 0.5) is 8.78 Å². The second kappa shape index (κ2) is 10.3. The smallest absolute Gasteiger partial charge is 0.306 e. The Balaban J connectivity index is 0.00000294. The van der Waals surface area contributed by atoms with Crippen molar-refractivity contribution >= 4 is 18.4 Å². The van der Waals surface area contributed by atoms with Crippen molar-refractivity contribution < 1.29 is 23.2 Å². The molecule has 6 rings (SSSR count). The van der Waals surface area contributed by atoms with Gasteiger partial charge in [-0.25, -0.2) is 8.78 Å². The van der Waals surface area contributed by atoms with Gasteiger partial charge >= 0.3 is 5.97 Å². The molecule has 9 heteroatoms. The molecule has 1 fully saturated rings. The van der Waals surface area contributed by atoms with Crippen molar-refractivity contribution in [2.24, 2.45) is 5.92 Å². The van der Waals surface area contributed by atoms with Crippen LogP contribution in [-0.2, 0) is 11.2 Å². The Kier molecular flexibility index (Phi) is 7.03. The number of carbonyl (C=O) groups is 1. The van der Waals surface area contributed by atoms with Crippen LogP contribution in [0, 0.1) is 24.5 Å². The van der Waals surface area contributed by atoms with Crippen LogP contribution in [-0.4, -0.2) is 27.3 Å². The number of nitrogens with one attached hydrogen (secondary N) is 1. The summed E-state index contributed by atoms with van der Waals surface area (Å²) in [5.41, 5.74) is 5.60. The number of carboxylic acids is 1. The second-order valence-electron chi connectivity index (χ2n) is 9.93. The summed E-state index contributed by atoms with van der Waals surface area (Å²) in [5.74, 6) is -1.85. The number of benzene rings is 3. The number of aryl methyl sites for hydroxylation is 2. The van der Waals surface area contributed by atoms with E-state index in [1.165, 1.54) is 17.2 Å². The predicted molar refractivity (Wildman–Crippen MR) is 141 cm³/mol. The largest absolute Gasteiger partial charge is 0.481 e. The number of fused-ring (bicyclic) bond motifs is 1. The third-order valence-corrected chi connectivity index (χ3v) is 7.54. The minimum absolute atomic E-state index is 0. The van der Waals surface area contributed by atoms with Crippen LogP contribution < -0.4 is 5.32 Å². The monoisotopic (exact) mass is 537 g/mol. The molecule has 6 nitrogen and oxygen atoms in total. The van der Waals surface area contributed by atoms with Crippen LogP contribution in [0.5, 0.6) is 0 Å². The molecule has 0 saturated heterocycles. The Morgan fingerprint density at radius 3 is 2.61 bits per heavy atom. The molecule has 0 amide bonds. The normalized spacial score (nSPS) is 19.9. The number of aliphatic carboxylic acids is 1. The highest BCUT2D eigenvalue weighted by Gasteiger charge is 2.36. The van der Waals surface area contributed by atoms with Crippen LogP contribution in [0.15, 0.2) is 59.1 Å². The lowest BCUT2D eigenvalue weighted by atomic mass is 9.80. The highest BCUT2D eigenvalue weighted by Crippen LogP contribution is 2.37. The fourth-order valence-electron chi connectivity index (χ4n) is 5.44. The van der Waals surface area contributed by atoms with Gasteiger partial charge in [-0.05, 0) is 79.1 Å². The molecule has 1 heterocycles. The fraction of sp³-hybridized carbons (Fsp3) is 0.276. The van der Waals surface area contributed by atoms with E-state index >= 15 is 0 Å². The van der Waals surface area contributed by atoms with E-state index in [-0.39, 0.29) is 36.0 Å². The van der Waals surface area contributed by atoms with Gasteiger partial charge in [-0.15, -0.1) is 12.4 Å². The van der Waals surface area contributed by atoms with Crippen LogP contribution >= 0.6 is 12.4 Å². The quantitative estimate of drug-likeness (QED) is 0.291. The third-order valence-electron chi connectivity index (χ3n) is 7.54. The molecule has 0 bridgehead atoms.